The van der Waals surface area contributed by atoms with Gasteiger partial charge < -0.3 is 0 Å². The van der Waals surface area contributed by atoms with Gasteiger partial charge in [0, 0.05) is 0 Å². The van der Waals surface area contributed by atoms with Crippen LogP contribution in [0.2, 0.25) is 0 Å². The highest BCUT2D eigenvalue weighted by atomic mass is 14.7. The van der Waals surface area contributed by atoms with Crippen LogP contribution in [0, 0.1) is 40.9 Å². The summed E-state index contributed by atoms with van der Waals surface area (Å²) in [5.41, 5.74) is 0.750. The fourth-order valence-electron chi connectivity index (χ4n) is 4.70. The molecule has 0 amide bonds. The predicted molar refractivity (Wildman–Crippen MR) is 89.7 cm³/mol. The number of hydrogen-bond acceptors (Lipinski definition) is 0. The van der Waals surface area contributed by atoms with E-state index in [0.29, 0.717) is 0 Å². The van der Waals surface area contributed by atoms with Crippen molar-refractivity contribution in [2.24, 2.45) is 40.9 Å². The first kappa shape index (κ1) is 16.4. The SMILES string of the molecule is CC(C)CCCC(C)CCC(C)C1CC1(C)C1CC1C. The second-order valence-corrected chi connectivity index (χ2v) is 9.12. The van der Waals surface area contributed by atoms with Gasteiger partial charge in [-0.3, -0.25) is 0 Å². The Morgan fingerprint density at radius 1 is 1.00 bits per heavy atom. The topological polar surface area (TPSA) is 0 Å². The largest absolute Gasteiger partial charge is 0.0628 e. The van der Waals surface area contributed by atoms with E-state index in [9.17, 15) is 0 Å². The molecular formula is C20H38. The first-order chi connectivity index (χ1) is 9.34. The smallest absolute Gasteiger partial charge is 0.0261 e. The lowest BCUT2D eigenvalue weighted by Crippen LogP contribution is -2.10. The van der Waals surface area contributed by atoms with Crippen molar-refractivity contribution in [1.82, 2.24) is 0 Å². The Morgan fingerprint density at radius 3 is 2.20 bits per heavy atom. The molecule has 2 aliphatic carbocycles. The summed E-state index contributed by atoms with van der Waals surface area (Å²) in [6.45, 7) is 14.7. The molecule has 0 saturated heterocycles. The van der Waals surface area contributed by atoms with Crippen LogP contribution < -0.4 is 0 Å². The van der Waals surface area contributed by atoms with Crippen molar-refractivity contribution < 1.29 is 0 Å². The van der Waals surface area contributed by atoms with E-state index in [1.807, 2.05) is 0 Å². The molecule has 2 rings (SSSR count). The molecule has 2 saturated carbocycles. The molecule has 0 heterocycles. The first-order valence-corrected chi connectivity index (χ1v) is 9.34. The molecular weight excluding hydrogens is 240 g/mol. The molecule has 0 aromatic rings. The van der Waals surface area contributed by atoms with Gasteiger partial charge in [-0.1, -0.05) is 73.6 Å². The van der Waals surface area contributed by atoms with Crippen LogP contribution in [0.25, 0.3) is 0 Å². The Morgan fingerprint density at radius 2 is 1.65 bits per heavy atom. The zero-order valence-electron chi connectivity index (χ0n) is 14.9. The molecule has 20 heavy (non-hydrogen) atoms. The molecule has 2 aliphatic rings. The fraction of sp³-hybridized carbons (Fsp3) is 1.00. The minimum atomic E-state index is 0.750. The zero-order chi connectivity index (χ0) is 14.9. The van der Waals surface area contributed by atoms with E-state index in [1.165, 1.54) is 44.9 Å². The van der Waals surface area contributed by atoms with Crippen molar-refractivity contribution in [1.29, 1.82) is 0 Å². The average molecular weight is 279 g/mol. The number of rotatable bonds is 9. The number of hydrogen-bond donors (Lipinski definition) is 0. The molecule has 0 heteroatoms. The highest BCUT2D eigenvalue weighted by molar-refractivity contribution is 5.11. The quantitative estimate of drug-likeness (QED) is 0.449. The third kappa shape index (κ3) is 4.01. The highest BCUT2D eigenvalue weighted by Gasteiger charge is 2.62. The maximum absolute atomic E-state index is 2.58. The summed E-state index contributed by atoms with van der Waals surface area (Å²) in [5, 5.41) is 0. The zero-order valence-corrected chi connectivity index (χ0v) is 14.9. The maximum Gasteiger partial charge on any atom is -0.0261 e. The lowest BCUT2D eigenvalue weighted by molar-refractivity contribution is 0.313. The van der Waals surface area contributed by atoms with Crippen LogP contribution in [0.15, 0.2) is 0 Å². The first-order valence-electron chi connectivity index (χ1n) is 9.34. The Labute approximate surface area is 128 Å². The maximum atomic E-state index is 2.58. The van der Waals surface area contributed by atoms with Crippen LogP contribution in [0.5, 0.6) is 0 Å². The van der Waals surface area contributed by atoms with E-state index < -0.39 is 0 Å². The fourth-order valence-corrected chi connectivity index (χ4v) is 4.70. The van der Waals surface area contributed by atoms with Crippen LogP contribution in [-0.2, 0) is 0 Å². The Bertz CT molecular complexity index is 305. The lowest BCUT2D eigenvalue weighted by atomic mass is 9.87. The van der Waals surface area contributed by atoms with Crippen molar-refractivity contribution in [3.63, 3.8) is 0 Å². The van der Waals surface area contributed by atoms with E-state index in [1.54, 1.807) is 0 Å². The standard InChI is InChI=1S/C20H38/c1-14(2)8-7-9-15(3)10-11-16(4)19-13-20(19,6)18-12-17(18)5/h14-19H,7-13H2,1-6H3. The summed E-state index contributed by atoms with van der Waals surface area (Å²) < 4.78 is 0. The van der Waals surface area contributed by atoms with Crippen LogP contribution in [0.3, 0.4) is 0 Å². The minimum Gasteiger partial charge on any atom is -0.0628 e. The van der Waals surface area contributed by atoms with Crippen molar-refractivity contribution >= 4 is 0 Å². The minimum absolute atomic E-state index is 0.750. The molecule has 0 N–H and O–H groups in total. The molecule has 2 fully saturated rings. The van der Waals surface area contributed by atoms with Crippen molar-refractivity contribution in [3.05, 3.63) is 0 Å². The van der Waals surface area contributed by atoms with Gasteiger partial charge in [0.25, 0.3) is 0 Å². The van der Waals surface area contributed by atoms with Crippen molar-refractivity contribution in [2.75, 3.05) is 0 Å². The highest BCUT2D eigenvalue weighted by Crippen LogP contribution is 2.69. The molecule has 0 radical (unpaired) electrons. The summed E-state index contributed by atoms with van der Waals surface area (Å²) in [5.74, 6) is 5.97. The van der Waals surface area contributed by atoms with Crippen LogP contribution in [0.1, 0.15) is 86.5 Å². The van der Waals surface area contributed by atoms with Gasteiger partial charge in [0.05, 0.1) is 0 Å². The Balaban J connectivity index is 1.60. The van der Waals surface area contributed by atoms with E-state index in [0.717, 1.165) is 40.9 Å². The average Bonchev–Trinajstić information content (AvgIpc) is 3.24. The molecule has 118 valence electrons. The van der Waals surface area contributed by atoms with Crippen molar-refractivity contribution in [3.8, 4) is 0 Å². The van der Waals surface area contributed by atoms with Crippen LogP contribution in [0.4, 0.5) is 0 Å². The molecule has 0 aromatic heterocycles. The Hall–Kier alpha value is 0. The van der Waals surface area contributed by atoms with Crippen LogP contribution >= 0.6 is 0 Å². The summed E-state index contributed by atoms with van der Waals surface area (Å²) in [7, 11) is 0. The van der Waals surface area contributed by atoms with E-state index in [2.05, 4.69) is 41.5 Å². The molecule has 0 aliphatic heterocycles. The third-order valence-corrected chi connectivity index (χ3v) is 6.58. The molecule has 0 spiro atoms. The second-order valence-electron chi connectivity index (χ2n) is 9.12. The van der Waals surface area contributed by atoms with Crippen LogP contribution in [-0.4, -0.2) is 0 Å². The summed E-state index contributed by atoms with van der Waals surface area (Å²) >= 11 is 0. The molecule has 0 nitrogen and oxygen atoms in total. The van der Waals surface area contributed by atoms with E-state index >= 15 is 0 Å². The Kier molecular flexibility index (Phi) is 5.24. The van der Waals surface area contributed by atoms with Gasteiger partial charge in [-0.15, -0.1) is 0 Å². The molecule has 0 aromatic carbocycles. The molecule has 6 unspecified atom stereocenters. The predicted octanol–water partition coefficient (Wildman–Crippen LogP) is 6.55. The monoisotopic (exact) mass is 278 g/mol. The molecule has 6 atom stereocenters. The van der Waals surface area contributed by atoms with Crippen molar-refractivity contribution in [2.45, 2.75) is 86.5 Å². The molecule has 0 bridgehead atoms. The summed E-state index contributed by atoms with van der Waals surface area (Å²) in [6, 6.07) is 0. The van der Waals surface area contributed by atoms with Gasteiger partial charge in [-0.25, -0.2) is 0 Å². The summed E-state index contributed by atoms with van der Waals surface area (Å²) in [4.78, 5) is 0. The van der Waals surface area contributed by atoms with Gasteiger partial charge in [0.2, 0.25) is 0 Å². The third-order valence-electron chi connectivity index (χ3n) is 6.58. The van der Waals surface area contributed by atoms with Gasteiger partial charge in [-0.2, -0.15) is 0 Å². The van der Waals surface area contributed by atoms with E-state index in [4.69, 9.17) is 0 Å². The lowest BCUT2D eigenvalue weighted by Gasteiger charge is -2.19. The van der Waals surface area contributed by atoms with Gasteiger partial charge in [0.1, 0.15) is 0 Å². The van der Waals surface area contributed by atoms with Gasteiger partial charge >= 0.3 is 0 Å². The van der Waals surface area contributed by atoms with Gasteiger partial charge in [-0.05, 0) is 53.8 Å². The van der Waals surface area contributed by atoms with E-state index in [-0.39, 0.29) is 0 Å². The van der Waals surface area contributed by atoms with Gasteiger partial charge in [0.15, 0.2) is 0 Å². The second kappa shape index (κ2) is 6.41. The summed E-state index contributed by atoms with van der Waals surface area (Å²) in [6.07, 6.45) is 10.3. The normalized spacial score (nSPS) is 38.9.